The minimum Gasteiger partial charge on any atom is -0.475 e. The summed E-state index contributed by atoms with van der Waals surface area (Å²) in [5, 5.41) is 7.87. The van der Waals surface area contributed by atoms with Gasteiger partial charge < -0.3 is 9.67 Å². The van der Waals surface area contributed by atoms with Crippen LogP contribution in [0.4, 0.5) is 13.2 Å². The lowest BCUT2D eigenvalue weighted by atomic mass is 10.0. The van der Waals surface area contributed by atoms with E-state index >= 15 is 0 Å². The fourth-order valence-corrected chi connectivity index (χ4v) is 3.57. The summed E-state index contributed by atoms with van der Waals surface area (Å²) in [6, 6.07) is 27.1. The van der Waals surface area contributed by atoms with Crippen molar-refractivity contribution < 1.29 is 23.1 Å². The third-order valence-corrected chi connectivity index (χ3v) is 5.28. The molecule has 4 rings (SSSR count). The number of hydrogen-bond donors (Lipinski definition) is 1. The number of hydrogen-bond acceptors (Lipinski definition) is 2. The van der Waals surface area contributed by atoms with Crippen LogP contribution in [0, 0.1) is 0 Å². The SMILES string of the molecule is CCc1c(-c2ccc(Cl)cc2)ncn1Cc1cccc(-c2ccccc2)c1.O=C(O)C(F)(F)F. The molecule has 4 aromatic rings. The molecule has 0 aliphatic carbocycles. The molecule has 0 bridgehead atoms. The van der Waals surface area contributed by atoms with E-state index in [0.717, 1.165) is 29.2 Å². The van der Waals surface area contributed by atoms with Gasteiger partial charge in [-0.1, -0.05) is 79.2 Å². The van der Waals surface area contributed by atoms with Crippen LogP contribution in [0.1, 0.15) is 18.2 Å². The van der Waals surface area contributed by atoms with Gasteiger partial charge in [-0.3, -0.25) is 0 Å². The van der Waals surface area contributed by atoms with Gasteiger partial charge in [-0.15, -0.1) is 0 Å². The van der Waals surface area contributed by atoms with E-state index in [4.69, 9.17) is 21.5 Å². The molecule has 0 radical (unpaired) electrons. The Morgan fingerprint density at radius 1 is 0.941 bits per heavy atom. The number of aliphatic carboxylic acids is 1. The Morgan fingerprint density at radius 3 is 2.15 bits per heavy atom. The van der Waals surface area contributed by atoms with E-state index < -0.39 is 12.1 Å². The van der Waals surface area contributed by atoms with Crippen molar-refractivity contribution in [2.45, 2.75) is 26.1 Å². The summed E-state index contributed by atoms with van der Waals surface area (Å²) in [6.07, 6.45) is -2.21. The van der Waals surface area contributed by atoms with Crippen molar-refractivity contribution in [3.05, 3.63) is 101 Å². The van der Waals surface area contributed by atoms with Gasteiger partial charge in [0.1, 0.15) is 0 Å². The second-order valence-corrected chi connectivity index (χ2v) is 7.83. The van der Waals surface area contributed by atoms with Crippen LogP contribution in [0.5, 0.6) is 0 Å². The molecular weight excluding hydrogens is 465 g/mol. The van der Waals surface area contributed by atoms with E-state index in [-0.39, 0.29) is 0 Å². The van der Waals surface area contributed by atoms with Crippen molar-refractivity contribution in [2.75, 3.05) is 0 Å². The Bertz CT molecular complexity index is 1240. The van der Waals surface area contributed by atoms with Crippen molar-refractivity contribution in [1.29, 1.82) is 0 Å². The van der Waals surface area contributed by atoms with Gasteiger partial charge in [-0.2, -0.15) is 13.2 Å². The number of nitrogens with zero attached hydrogens (tertiary/aromatic N) is 2. The summed E-state index contributed by atoms with van der Waals surface area (Å²) < 4.78 is 34.0. The van der Waals surface area contributed by atoms with E-state index in [1.165, 1.54) is 22.4 Å². The van der Waals surface area contributed by atoms with E-state index in [1.54, 1.807) is 0 Å². The third-order valence-electron chi connectivity index (χ3n) is 5.03. The molecule has 0 saturated heterocycles. The average Bonchev–Trinajstić information content (AvgIpc) is 3.22. The molecular formula is C26H22ClF3N2O2. The highest BCUT2D eigenvalue weighted by Crippen LogP contribution is 2.26. The number of benzene rings is 3. The first kappa shape index (κ1) is 25.1. The van der Waals surface area contributed by atoms with Gasteiger partial charge in [0.25, 0.3) is 0 Å². The molecule has 0 aliphatic rings. The third kappa shape index (κ3) is 6.48. The number of alkyl halides is 3. The number of imidazole rings is 1. The first-order chi connectivity index (χ1) is 16.2. The smallest absolute Gasteiger partial charge is 0.475 e. The maximum atomic E-state index is 10.6. The molecule has 0 spiro atoms. The molecule has 176 valence electrons. The van der Waals surface area contributed by atoms with Crippen molar-refractivity contribution in [1.82, 2.24) is 9.55 Å². The zero-order chi connectivity index (χ0) is 24.7. The van der Waals surface area contributed by atoms with Crippen LogP contribution < -0.4 is 0 Å². The minimum atomic E-state index is -5.08. The quantitative estimate of drug-likeness (QED) is 0.327. The molecule has 3 aromatic carbocycles. The standard InChI is InChI=1S/C24H21ClN2.C2HF3O2/c1-2-23-24(20-11-13-22(25)14-12-20)26-17-27(23)16-18-7-6-10-21(15-18)19-8-4-3-5-9-19;3-2(4,5)1(6)7/h3-15,17H,2,16H2,1H3;(H,6,7). The van der Waals surface area contributed by atoms with Gasteiger partial charge in [0, 0.05) is 22.8 Å². The topological polar surface area (TPSA) is 55.1 Å². The zero-order valence-electron chi connectivity index (χ0n) is 18.3. The zero-order valence-corrected chi connectivity index (χ0v) is 19.0. The highest BCUT2D eigenvalue weighted by Gasteiger charge is 2.38. The number of rotatable bonds is 5. The normalized spacial score (nSPS) is 11.0. The van der Waals surface area contributed by atoms with Crippen LogP contribution in [0.15, 0.2) is 85.2 Å². The van der Waals surface area contributed by atoms with Crippen molar-refractivity contribution >= 4 is 17.6 Å². The fraction of sp³-hybridized carbons (Fsp3) is 0.154. The Hall–Kier alpha value is -3.58. The van der Waals surface area contributed by atoms with Gasteiger partial charge in [0.15, 0.2) is 0 Å². The maximum absolute atomic E-state index is 10.6. The van der Waals surface area contributed by atoms with Gasteiger partial charge in [-0.25, -0.2) is 9.78 Å². The Kier molecular flexibility index (Phi) is 8.12. The summed E-state index contributed by atoms with van der Waals surface area (Å²) in [5.41, 5.74) is 7.13. The summed E-state index contributed by atoms with van der Waals surface area (Å²) in [5.74, 6) is -2.76. The first-order valence-electron chi connectivity index (χ1n) is 10.4. The van der Waals surface area contributed by atoms with E-state index in [1.807, 2.05) is 36.7 Å². The fourth-order valence-electron chi connectivity index (χ4n) is 3.44. The van der Waals surface area contributed by atoms with Crippen molar-refractivity contribution in [3.8, 4) is 22.4 Å². The highest BCUT2D eigenvalue weighted by atomic mass is 35.5. The summed E-state index contributed by atoms with van der Waals surface area (Å²) in [7, 11) is 0. The van der Waals surface area contributed by atoms with Crippen molar-refractivity contribution in [2.24, 2.45) is 0 Å². The number of carboxylic acids is 1. The monoisotopic (exact) mass is 486 g/mol. The van der Waals surface area contributed by atoms with Gasteiger partial charge in [0.2, 0.25) is 0 Å². The Labute approximate surface area is 200 Å². The highest BCUT2D eigenvalue weighted by molar-refractivity contribution is 6.30. The molecule has 8 heteroatoms. The second kappa shape index (κ2) is 11.0. The molecule has 0 aliphatic heterocycles. The predicted molar refractivity (Wildman–Crippen MR) is 127 cm³/mol. The Balaban J connectivity index is 0.000000406. The van der Waals surface area contributed by atoms with Crippen LogP contribution in [-0.4, -0.2) is 26.8 Å². The maximum Gasteiger partial charge on any atom is 0.490 e. The summed E-state index contributed by atoms with van der Waals surface area (Å²) in [6.45, 7) is 2.98. The van der Waals surface area contributed by atoms with Crippen LogP contribution in [0.2, 0.25) is 5.02 Å². The Morgan fingerprint density at radius 2 is 1.56 bits per heavy atom. The molecule has 34 heavy (non-hydrogen) atoms. The molecule has 1 aromatic heterocycles. The number of halogens is 4. The largest absolute Gasteiger partial charge is 0.490 e. The summed E-state index contributed by atoms with van der Waals surface area (Å²) >= 11 is 6.03. The number of aromatic nitrogens is 2. The lowest BCUT2D eigenvalue weighted by Gasteiger charge is -2.10. The average molecular weight is 487 g/mol. The molecule has 0 fully saturated rings. The number of carboxylic acid groups (broad SMARTS) is 1. The molecule has 0 unspecified atom stereocenters. The van der Waals surface area contributed by atoms with E-state index in [2.05, 4.69) is 65.0 Å². The van der Waals surface area contributed by atoms with Gasteiger partial charge in [-0.05, 0) is 41.3 Å². The lowest BCUT2D eigenvalue weighted by molar-refractivity contribution is -0.192. The van der Waals surface area contributed by atoms with Crippen LogP contribution >= 0.6 is 11.6 Å². The van der Waals surface area contributed by atoms with E-state index in [0.29, 0.717) is 0 Å². The van der Waals surface area contributed by atoms with Crippen LogP contribution in [-0.2, 0) is 17.8 Å². The molecule has 0 saturated carbocycles. The molecule has 1 N–H and O–H groups in total. The summed E-state index contributed by atoms with van der Waals surface area (Å²) in [4.78, 5) is 13.6. The van der Waals surface area contributed by atoms with Crippen LogP contribution in [0.3, 0.4) is 0 Å². The first-order valence-corrected chi connectivity index (χ1v) is 10.8. The molecule has 0 amide bonds. The van der Waals surface area contributed by atoms with Gasteiger partial charge >= 0.3 is 12.1 Å². The lowest BCUT2D eigenvalue weighted by Crippen LogP contribution is -2.21. The molecule has 1 heterocycles. The van der Waals surface area contributed by atoms with E-state index in [9.17, 15) is 13.2 Å². The van der Waals surface area contributed by atoms with Crippen molar-refractivity contribution in [3.63, 3.8) is 0 Å². The minimum absolute atomic E-state index is 0.744. The molecule has 4 nitrogen and oxygen atoms in total. The molecule has 0 atom stereocenters. The number of carbonyl (C=O) groups is 1. The van der Waals surface area contributed by atoms with Crippen LogP contribution in [0.25, 0.3) is 22.4 Å². The predicted octanol–water partition coefficient (Wildman–Crippen LogP) is 7.11. The van der Waals surface area contributed by atoms with Gasteiger partial charge in [0.05, 0.1) is 12.0 Å². The second-order valence-electron chi connectivity index (χ2n) is 7.40.